The molecule has 0 atom stereocenters. The highest BCUT2D eigenvalue weighted by Crippen LogP contribution is 2.25. The topological polar surface area (TPSA) is 57.9 Å². The van der Waals surface area contributed by atoms with Crippen LogP contribution in [0.25, 0.3) is 16.6 Å². The van der Waals surface area contributed by atoms with E-state index < -0.39 is 0 Å². The number of amides is 1. The predicted molar refractivity (Wildman–Crippen MR) is 128 cm³/mol. The number of rotatable bonds is 2. The van der Waals surface area contributed by atoms with Crippen LogP contribution in [0.2, 0.25) is 5.02 Å². The first-order valence-electron chi connectivity index (χ1n) is 10.6. The van der Waals surface area contributed by atoms with Crippen LogP contribution in [0.1, 0.15) is 21.5 Å². The maximum atomic E-state index is 13.4. The molecule has 162 valence electrons. The highest BCUT2D eigenvalue weighted by Gasteiger charge is 2.25. The highest BCUT2D eigenvalue weighted by atomic mass is 35.5. The second-order valence-corrected chi connectivity index (χ2v) is 8.63. The zero-order valence-corrected chi connectivity index (χ0v) is 18.8. The van der Waals surface area contributed by atoms with E-state index in [1.165, 1.54) is 21.2 Å². The van der Waals surface area contributed by atoms with Crippen LogP contribution in [0.4, 0.5) is 5.69 Å². The van der Waals surface area contributed by atoms with Crippen molar-refractivity contribution in [2.75, 3.05) is 31.1 Å². The summed E-state index contributed by atoms with van der Waals surface area (Å²) < 4.78 is 1.43. The Morgan fingerprint density at radius 3 is 2.56 bits per heavy atom. The molecule has 2 aromatic carbocycles. The number of piperazine rings is 1. The average molecular weight is 447 g/mol. The van der Waals surface area contributed by atoms with Gasteiger partial charge in [-0.25, -0.2) is 4.98 Å². The van der Waals surface area contributed by atoms with Crippen molar-refractivity contribution in [2.24, 2.45) is 0 Å². The number of carbonyl (C=O) groups excluding carboxylic acids is 1. The lowest BCUT2D eigenvalue weighted by Gasteiger charge is -2.37. The van der Waals surface area contributed by atoms with Gasteiger partial charge in [0.2, 0.25) is 0 Å². The SMILES string of the molecule is Cc1cccc(N2CCN(C(=O)c3cccn4c(=O)c5cc(Cl)ccc5nc34)CC2)c1C. The molecule has 1 amide bonds. The number of hydrogen-bond donors (Lipinski definition) is 0. The van der Waals surface area contributed by atoms with E-state index in [1.807, 2.05) is 4.90 Å². The van der Waals surface area contributed by atoms with E-state index in [4.69, 9.17) is 11.6 Å². The summed E-state index contributed by atoms with van der Waals surface area (Å²) >= 11 is 6.06. The van der Waals surface area contributed by atoms with E-state index in [2.05, 4.69) is 41.9 Å². The van der Waals surface area contributed by atoms with Gasteiger partial charge in [0.15, 0.2) is 5.65 Å². The molecule has 0 aliphatic carbocycles. The molecule has 0 unspecified atom stereocenters. The zero-order chi connectivity index (χ0) is 22.4. The summed E-state index contributed by atoms with van der Waals surface area (Å²) in [6.45, 7) is 7.00. The number of benzene rings is 2. The van der Waals surface area contributed by atoms with Crippen LogP contribution in [0, 0.1) is 13.8 Å². The zero-order valence-electron chi connectivity index (χ0n) is 18.0. The molecular weight excluding hydrogens is 424 g/mol. The largest absolute Gasteiger partial charge is 0.368 e. The fraction of sp³-hybridized carbons (Fsp3) is 0.240. The summed E-state index contributed by atoms with van der Waals surface area (Å²) in [5, 5.41) is 0.909. The summed E-state index contributed by atoms with van der Waals surface area (Å²) in [5.74, 6) is -0.107. The van der Waals surface area contributed by atoms with Crippen LogP contribution in [-0.4, -0.2) is 46.4 Å². The minimum Gasteiger partial charge on any atom is -0.368 e. The molecule has 0 spiro atoms. The van der Waals surface area contributed by atoms with Gasteiger partial charge in [-0.05, 0) is 61.4 Å². The van der Waals surface area contributed by atoms with E-state index in [0.29, 0.717) is 40.2 Å². The van der Waals surface area contributed by atoms with E-state index in [9.17, 15) is 9.59 Å². The van der Waals surface area contributed by atoms with Gasteiger partial charge in [-0.2, -0.15) is 0 Å². The minimum absolute atomic E-state index is 0.107. The van der Waals surface area contributed by atoms with Crippen molar-refractivity contribution in [2.45, 2.75) is 13.8 Å². The summed E-state index contributed by atoms with van der Waals surface area (Å²) in [4.78, 5) is 35.2. The number of pyridine rings is 1. The molecule has 0 N–H and O–H groups in total. The molecule has 2 aromatic heterocycles. The number of halogens is 1. The van der Waals surface area contributed by atoms with Crippen LogP contribution < -0.4 is 10.5 Å². The number of hydrogen-bond acceptors (Lipinski definition) is 4. The van der Waals surface area contributed by atoms with E-state index >= 15 is 0 Å². The summed E-state index contributed by atoms with van der Waals surface area (Å²) in [6, 6.07) is 14.8. The Hall–Kier alpha value is -3.38. The summed E-state index contributed by atoms with van der Waals surface area (Å²) in [6.07, 6.45) is 1.64. The fourth-order valence-electron chi connectivity index (χ4n) is 4.37. The lowest BCUT2D eigenvalue weighted by molar-refractivity contribution is 0.0748. The van der Waals surface area contributed by atoms with Gasteiger partial charge in [0.25, 0.3) is 11.5 Å². The molecule has 1 fully saturated rings. The molecule has 0 bridgehead atoms. The monoisotopic (exact) mass is 446 g/mol. The van der Waals surface area contributed by atoms with Crippen LogP contribution in [0.15, 0.2) is 59.5 Å². The first-order valence-corrected chi connectivity index (χ1v) is 11.0. The van der Waals surface area contributed by atoms with E-state index in [1.54, 1.807) is 36.5 Å². The van der Waals surface area contributed by atoms with Gasteiger partial charge in [-0.15, -0.1) is 0 Å². The van der Waals surface area contributed by atoms with Crippen LogP contribution in [0.3, 0.4) is 0 Å². The normalized spacial score (nSPS) is 14.3. The third-order valence-corrected chi connectivity index (χ3v) is 6.55. The Balaban J connectivity index is 1.46. The fourth-order valence-corrected chi connectivity index (χ4v) is 4.54. The molecule has 4 aromatic rings. The molecule has 0 radical (unpaired) electrons. The van der Waals surface area contributed by atoms with Gasteiger partial charge >= 0.3 is 0 Å². The number of fused-ring (bicyclic) bond motifs is 2. The van der Waals surface area contributed by atoms with Crippen molar-refractivity contribution in [3.63, 3.8) is 0 Å². The van der Waals surface area contributed by atoms with Crippen LogP contribution in [0.5, 0.6) is 0 Å². The quantitative estimate of drug-likeness (QED) is 0.435. The molecule has 1 aliphatic rings. The van der Waals surface area contributed by atoms with Gasteiger partial charge < -0.3 is 9.80 Å². The van der Waals surface area contributed by atoms with Crippen molar-refractivity contribution in [1.29, 1.82) is 0 Å². The van der Waals surface area contributed by atoms with E-state index in [-0.39, 0.29) is 11.5 Å². The molecule has 3 heterocycles. The second-order valence-electron chi connectivity index (χ2n) is 8.19. The molecule has 5 rings (SSSR count). The average Bonchev–Trinajstić information content (AvgIpc) is 2.81. The smallest absolute Gasteiger partial charge is 0.265 e. The Labute approximate surface area is 190 Å². The van der Waals surface area contributed by atoms with Gasteiger partial charge in [0.05, 0.1) is 16.5 Å². The molecule has 1 aliphatic heterocycles. The van der Waals surface area contributed by atoms with Gasteiger partial charge in [-0.1, -0.05) is 23.7 Å². The van der Waals surface area contributed by atoms with Crippen LogP contribution in [-0.2, 0) is 0 Å². The van der Waals surface area contributed by atoms with Gasteiger partial charge in [-0.3, -0.25) is 14.0 Å². The number of nitrogens with zero attached hydrogens (tertiary/aromatic N) is 4. The van der Waals surface area contributed by atoms with Crippen molar-refractivity contribution in [3.05, 3.63) is 86.8 Å². The lowest BCUT2D eigenvalue weighted by Crippen LogP contribution is -2.49. The number of aromatic nitrogens is 2. The van der Waals surface area contributed by atoms with Crippen molar-refractivity contribution < 1.29 is 4.79 Å². The Morgan fingerprint density at radius 2 is 1.78 bits per heavy atom. The number of aryl methyl sites for hydroxylation is 1. The molecule has 1 saturated heterocycles. The third-order valence-electron chi connectivity index (χ3n) is 6.32. The standard InChI is InChI=1S/C25H23ClN4O2/c1-16-5-3-7-22(17(16)2)28-11-13-29(14-12-28)24(31)19-6-4-10-30-23(19)27-21-9-8-18(26)15-20(21)25(30)32/h3-10,15H,11-14H2,1-2H3. The molecule has 32 heavy (non-hydrogen) atoms. The summed E-state index contributed by atoms with van der Waals surface area (Å²) in [5.41, 5.74) is 4.86. The number of carbonyl (C=O) groups is 1. The first-order chi connectivity index (χ1) is 15.4. The molecule has 7 heteroatoms. The van der Waals surface area contributed by atoms with Crippen LogP contribution >= 0.6 is 11.6 Å². The third kappa shape index (κ3) is 3.41. The predicted octanol–water partition coefficient (Wildman–Crippen LogP) is 4.08. The summed E-state index contributed by atoms with van der Waals surface area (Å²) in [7, 11) is 0. The second kappa shape index (κ2) is 7.95. The molecule has 6 nitrogen and oxygen atoms in total. The van der Waals surface area contributed by atoms with Crippen molar-refractivity contribution in [3.8, 4) is 0 Å². The Bertz CT molecular complexity index is 1420. The maximum Gasteiger partial charge on any atom is 0.265 e. The van der Waals surface area contributed by atoms with Crippen molar-refractivity contribution in [1.82, 2.24) is 14.3 Å². The first kappa shape index (κ1) is 20.5. The van der Waals surface area contributed by atoms with Gasteiger partial charge in [0.1, 0.15) is 0 Å². The minimum atomic E-state index is -0.234. The Morgan fingerprint density at radius 1 is 1.00 bits per heavy atom. The van der Waals surface area contributed by atoms with E-state index in [0.717, 1.165) is 13.1 Å². The van der Waals surface area contributed by atoms with Crippen molar-refractivity contribution >= 4 is 39.7 Å². The lowest BCUT2D eigenvalue weighted by atomic mass is 10.1. The Kier molecular flexibility index (Phi) is 5.10. The maximum absolute atomic E-state index is 13.4. The molecule has 0 saturated carbocycles. The highest BCUT2D eigenvalue weighted by molar-refractivity contribution is 6.31. The number of anilines is 1. The van der Waals surface area contributed by atoms with Gasteiger partial charge in [0, 0.05) is 43.1 Å². The molecular formula is C25H23ClN4O2.